The number of carbonyl (C=O) groups excluding carboxylic acids is 1. The SMILES string of the molecule is COc1cc(C(C)NC(=O)CNCC2CC2)ccc1OC(C)C.Cl. The number of methoxy groups -OCH3 is 1. The lowest BCUT2D eigenvalue weighted by molar-refractivity contribution is -0.120. The molecule has 1 fully saturated rings. The fraction of sp³-hybridized carbons (Fsp3) is 0.611. The second-order valence-corrected chi connectivity index (χ2v) is 6.44. The smallest absolute Gasteiger partial charge is 0.234 e. The van der Waals surface area contributed by atoms with Crippen molar-refractivity contribution in [3.05, 3.63) is 23.8 Å². The lowest BCUT2D eigenvalue weighted by Crippen LogP contribution is -2.36. The fourth-order valence-electron chi connectivity index (χ4n) is 2.39. The molecule has 0 aromatic heterocycles. The van der Waals surface area contributed by atoms with Crippen molar-refractivity contribution >= 4 is 18.3 Å². The molecule has 6 heteroatoms. The van der Waals surface area contributed by atoms with Gasteiger partial charge in [-0.15, -0.1) is 12.4 Å². The van der Waals surface area contributed by atoms with Crippen molar-refractivity contribution in [3.8, 4) is 11.5 Å². The predicted molar refractivity (Wildman–Crippen MR) is 98.2 cm³/mol. The van der Waals surface area contributed by atoms with Crippen molar-refractivity contribution in [1.82, 2.24) is 10.6 Å². The molecule has 136 valence electrons. The van der Waals surface area contributed by atoms with Gasteiger partial charge in [0.2, 0.25) is 5.91 Å². The molecule has 0 saturated heterocycles. The Hall–Kier alpha value is -1.46. The van der Waals surface area contributed by atoms with E-state index in [2.05, 4.69) is 10.6 Å². The van der Waals surface area contributed by atoms with Crippen LogP contribution in [0.1, 0.15) is 45.2 Å². The van der Waals surface area contributed by atoms with E-state index in [1.807, 2.05) is 39.0 Å². The van der Waals surface area contributed by atoms with Crippen molar-refractivity contribution in [2.75, 3.05) is 20.2 Å². The van der Waals surface area contributed by atoms with Crippen LogP contribution >= 0.6 is 12.4 Å². The normalized spacial score (nSPS) is 14.7. The van der Waals surface area contributed by atoms with E-state index in [0.717, 1.165) is 23.8 Å². The van der Waals surface area contributed by atoms with E-state index >= 15 is 0 Å². The Morgan fingerprint density at radius 2 is 1.96 bits per heavy atom. The molecule has 0 spiro atoms. The largest absolute Gasteiger partial charge is 0.493 e. The number of nitrogens with one attached hydrogen (secondary N) is 2. The molecule has 1 unspecified atom stereocenters. The first-order valence-electron chi connectivity index (χ1n) is 8.34. The number of carbonyl (C=O) groups is 1. The van der Waals surface area contributed by atoms with Crippen molar-refractivity contribution < 1.29 is 14.3 Å². The molecule has 1 saturated carbocycles. The highest BCUT2D eigenvalue weighted by Gasteiger charge is 2.21. The molecular formula is C18H29ClN2O3. The number of ether oxygens (including phenoxy) is 2. The van der Waals surface area contributed by atoms with Gasteiger partial charge >= 0.3 is 0 Å². The minimum absolute atomic E-state index is 0. The average molecular weight is 357 g/mol. The van der Waals surface area contributed by atoms with E-state index in [1.165, 1.54) is 12.8 Å². The summed E-state index contributed by atoms with van der Waals surface area (Å²) in [7, 11) is 1.62. The number of hydrogen-bond acceptors (Lipinski definition) is 4. The van der Waals surface area contributed by atoms with Crippen LogP contribution < -0.4 is 20.1 Å². The number of halogens is 1. The van der Waals surface area contributed by atoms with Gasteiger partial charge in [0.15, 0.2) is 11.5 Å². The van der Waals surface area contributed by atoms with Gasteiger partial charge in [-0.2, -0.15) is 0 Å². The van der Waals surface area contributed by atoms with Crippen LogP contribution in [-0.2, 0) is 4.79 Å². The third kappa shape index (κ3) is 6.57. The zero-order chi connectivity index (χ0) is 16.8. The summed E-state index contributed by atoms with van der Waals surface area (Å²) in [5, 5.41) is 6.20. The van der Waals surface area contributed by atoms with Crippen LogP contribution in [0.5, 0.6) is 11.5 Å². The summed E-state index contributed by atoms with van der Waals surface area (Å²) in [6, 6.07) is 5.69. The van der Waals surface area contributed by atoms with E-state index in [4.69, 9.17) is 9.47 Å². The fourth-order valence-corrected chi connectivity index (χ4v) is 2.39. The Labute approximate surface area is 150 Å². The van der Waals surface area contributed by atoms with Crippen molar-refractivity contribution in [1.29, 1.82) is 0 Å². The average Bonchev–Trinajstić information content (AvgIpc) is 3.31. The number of amides is 1. The van der Waals surface area contributed by atoms with Crippen LogP contribution in [0.2, 0.25) is 0 Å². The van der Waals surface area contributed by atoms with Crippen LogP contribution in [0.4, 0.5) is 0 Å². The maximum Gasteiger partial charge on any atom is 0.234 e. The monoisotopic (exact) mass is 356 g/mol. The second-order valence-electron chi connectivity index (χ2n) is 6.44. The first kappa shape index (κ1) is 20.6. The quantitative estimate of drug-likeness (QED) is 0.713. The summed E-state index contributed by atoms with van der Waals surface area (Å²) in [6.07, 6.45) is 2.66. The summed E-state index contributed by atoms with van der Waals surface area (Å²) in [5.41, 5.74) is 0.994. The molecule has 2 N–H and O–H groups in total. The second kappa shape index (κ2) is 9.74. The summed E-state index contributed by atoms with van der Waals surface area (Å²) in [4.78, 5) is 12.0. The molecule has 1 aliphatic rings. The van der Waals surface area contributed by atoms with Gasteiger partial charge in [0.1, 0.15) is 0 Å². The zero-order valence-corrected chi connectivity index (χ0v) is 15.7. The van der Waals surface area contributed by atoms with E-state index in [0.29, 0.717) is 12.3 Å². The molecule has 1 aromatic carbocycles. The van der Waals surface area contributed by atoms with Gasteiger partial charge < -0.3 is 20.1 Å². The third-order valence-electron chi connectivity index (χ3n) is 3.84. The van der Waals surface area contributed by atoms with Gasteiger partial charge in [-0.25, -0.2) is 0 Å². The molecular weight excluding hydrogens is 328 g/mol. The molecule has 0 aliphatic heterocycles. The zero-order valence-electron chi connectivity index (χ0n) is 14.9. The molecule has 1 amide bonds. The van der Waals surface area contributed by atoms with Crippen LogP contribution in [0.15, 0.2) is 18.2 Å². The molecule has 0 bridgehead atoms. The minimum atomic E-state index is -0.0766. The first-order valence-corrected chi connectivity index (χ1v) is 8.34. The highest BCUT2D eigenvalue weighted by Crippen LogP contribution is 2.31. The van der Waals surface area contributed by atoms with Gasteiger partial charge in [-0.3, -0.25) is 4.79 Å². The van der Waals surface area contributed by atoms with Crippen molar-refractivity contribution in [2.45, 2.75) is 45.8 Å². The maximum atomic E-state index is 12.0. The van der Waals surface area contributed by atoms with Gasteiger partial charge in [0.25, 0.3) is 0 Å². The van der Waals surface area contributed by atoms with E-state index < -0.39 is 0 Å². The highest BCUT2D eigenvalue weighted by atomic mass is 35.5. The molecule has 2 rings (SSSR count). The standard InChI is InChI=1S/C18H28N2O3.ClH/c1-12(2)23-16-8-7-15(9-17(16)22-4)13(3)20-18(21)11-19-10-14-5-6-14;/h7-9,12-14,19H,5-6,10-11H2,1-4H3,(H,20,21);1H. The molecule has 24 heavy (non-hydrogen) atoms. The van der Waals surface area contributed by atoms with E-state index in [9.17, 15) is 4.79 Å². The first-order chi connectivity index (χ1) is 11.0. The molecule has 0 radical (unpaired) electrons. The van der Waals surface area contributed by atoms with Crippen LogP contribution in [-0.4, -0.2) is 32.2 Å². The van der Waals surface area contributed by atoms with E-state index in [1.54, 1.807) is 7.11 Å². The molecule has 1 atom stereocenters. The maximum absolute atomic E-state index is 12.0. The summed E-state index contributed by atoms with van der Waals surface area (Å²) < 4.78 is 11.1. The number of hydrogen-bond donors (Lipinski definition) is 2. The third-order valence-corrected chi connectivity index (χ3v) is 3.84. The number of rotatable bonds is 9. The van der Waals surface area contributed by atoms with Crippen molar-refractivity contribution in [2.24, 2.45) is 5.92 Å². The topological polar surface area (TPSA) is 59.6 Å². The van der Waals surface area contributed by atoms with Crippen LogP contribution in [0.25, 0.3) is 0 Å². The summed E-state index contributed by atoms with van der Waals surface area (Å²) in [5.74, 6) is 2.19. The summed E-state index contributed by atoms with van der Waals surface area (Å²) >= 11 is 0. The van der Waals surface area contributed by atoms with Crippen molar-refractivity contribution in [3.63, 3.8) is 0 Å². The Kier molecular flexibility index (Phi) is 8.36. The van der Waals surface area contributed by atoms with Gasteiger partial charge in [0.05, 0.1) is 25.8 Å². The minimum Gasteiger partial charge on any atom is -0.493 e. The summed E-state index contributed by atoms with van der Waals surface area (Å²) in [6.45, 7) is 7.23. The molecule has 1 aromatic rings. The Bertz CT molecular complexity index is 533. The van der Waals surface area contributed by atoms with Gasteiger partial charge in [-0.1, -0.05) is 6.07 Å². The number of benzene rings is 1. The van der Waals surface area contributed by atoms with Crippen LogP contribution in [0, 0.1) is 5.92 Å². The van der Waals surface area contributed by atoms with E-state index in [-0.39, 0.29) is 30.5 Å². The van der Waals surface area contributed by atoms with Gasteiger partial charge in [-0.05, 0) is 63.8 Å². The molecule has 0 heterocycles. The lowest BCUT2D eigenvalue weighted by atomic mass is 10.1. The van der Waals surface area contributed by atoms with Gasteiger partial charge in [0, 0.05) is 0 Å². The lowest BCUT2D eigenvalue weighted by Gasteiger charge is -2.18. The highest BCUT2D eigenvalue weighted by molar-refractivity contribution is 5.85. The molecule has 5 nitrogen and oxygen atoms in total. The Balaban J connectivity index is 0.00000288. The van der Waals surface area contributed by atoms with Crippen LogP contribution in [0.3, 0.4) is 0 Å². The molecule has 1 aliphatic carbocycles. The predicted octanol–water partition coefficient (Wildman–Crippen LogP) is 3.08. The Morgan fingerprint density at radius 1 is 1.25 bits per heavy atom. The Morgan fingerprint density at radius 3 is 2.54 bits per heavy atom.